The van der Waals surface area contributed by atoms with Crippen molar-refractivity contribution in [3.8, 4) is 0 Å². The fourth-order valence-corrected chi connectivity index (χ4v) is 2.66. The highest BCUT2D eigenvalue weighted by Gasteiger charge is 2.04. The zero-order valence-electron chi connectivity index (χ0n) is 15.9. The van der Waals surface area contributed by atoms with Crippen LogP contribution in [0, 0.1) is 0 Å². The van der Waals surface area contributed by atoms with Crippen LogP contribution < -0.4 is 16.0 Å². The Balaban J connectivity index is 1.94. The minimum absolute atomic E-state index is 0.0154. The molecule has 1 heterocycles. The van der Waals surface area contributed by atoms with Gasteiger partial charge in [0.15, 0.2) is 5.96 Å². The molecule has 0 aliphatic carbocycles. The second-order valence-corrected chi connectivity index (χ2v) is 6.54. The third kappa shape index (κ3) is 11.1. The van der Waals surface area contributed by atoms with Gasteiger partial charge in [0.1, 0.15) is 0 Å². The zero-order chi connectivity index (χ0) is 18.9. The molecule has 148 valence electrons. The topological polar surface area (TPSA) is 84.0 Å². The van der Waals surface area contributed by atoms with Crippen LogP contribution in [0.1, 0.15) is 35.9 Å². The van der Waals surface area contributed by atoms with Gasteiger partial charge in [-0.2, -0.15) is 0 Å². The van der Waals surface area contributed by atoms with Crippen molar-refractivity contribution in [2.24, 2.45) is 4.99 Å². The molecule has 0 saturated heterocycles. The van der Waals surface area contributed by atoms with Gasteiger partial charge in [0.05, 0.1) is 24.7 Å². The van der Waals surface area contributed by atoms with Crippen LogP contribution in [0.15, 0.2) is 22.5 Å². The van der Waals surface area contributed by atoms with E-state index in [1.165, 1.54) is 11.3 Å². The first-order chi connectivity index (χ1) is 12.8. The van der Waals surface area contributed by atoms with Gasteiger partial charge in [-0.3, -0.25) is 9.79 Å². The molecule has 0 spiro atoms. The summed E-state index contributed by atoms with van der Waals surface area (Å²) < 4.78 is 10.9. The smallest absolute Gasteiger partial charge is 0.261 e. The van der Waals surface area contributed by atoms with E-state index >= 15 is 0 Å². The normalized spacial score (nSPS) is 11.4. The van der Waals surface area contributed by atoms with Crippen molar-refractivity contribution >= 4 is 23.2 Å². The largest absolute Gasteiger partial charge is 0.379 e. The lowest BCUT2D eigenvalue weighted by molar-refractivity contribution is 0.0487. The molecule has 0 aromatic carbocycles. The number of amides is 1. The summed E-state index contributed by atoms with van der Waals surface area (Å²) in [5.41, 5.74) is 0. The fraction of sp³-hybridized carbons (Fsp3) is 0.667. The Morgan fingerprint density at radius 1 is 1.04 bits per heavy atom. The quantitative estimate of drug-likeness (QED) is 0.259. The van der Waals surface area contributed by atoms with Crippen molar-refractivity contribution < 1.29 is 14.3 Å². The van der Waals surface area contributed by atoms with Crippen LogP contribution in [-0.2, 0) is 9.47 Å². The number of thiophene rings is 1. The Bertz CT molecular complexity index is 495. The molecule has 1 aromatic heterocycles. The molecular weight excluding hydrogens is 352 g/mol. The van der Waals surface area contributed by atoms with Gasteiger partial charge < -0.3 is 25.4 Å². The number of carbonyl (C=O) groups is 1. The van der Waals surface area contributed by atoms with Crippen LogP contribution in [0.5, 0.6) is 0 Å². The van der Waals surface area contributed by atoms with Gasteiger partial charge in [-0.1, -0.05) is 19.4 Å². The Labute approximate surface area is 160 Å². The van der Waals surface area contributed by atoms with E-state index in [1.807, 2.05) is 17.5 Å². The molecule has 26 heavy (non-hydrogen) atoms. The first kappa shape index (κ1) is 22.4. The molecule has 0 saturated carbocycles. The third-order valence-electron chi connectivity index (χ3n) is 3.45. The van der Waals surface area contributed by atoms with Crippen LogP contribution in [0.25, 0.3) is 0 Å². The van der Waals surface area contributed by atoms with Crippen molar-refractivity contribution in [1.29, 1.82) is 0 Å². The second-order valence-electron chi connectivity index (χ2n) is 5.59. The van der Waals surface area contributed by atoms with Crippen molar-refractivity contribution in [1.82, 2.24) is 16.0 Å². The predicted molar refractivity (Wildman–Crippen MR) is 107 cm³/mol. The van der Waals surface area contributed by atoms with Crippen molar-refractivity contribution in [2.45, 2.75) is 26.2 Å². The second kappa shape index (κ2) is 15.6. The lowest BCUT2D eigenvalue weighted by Crippen LogP contribution is -2.40. The summed E-state index contributed by atoms with van der Waals surface area (Å²) in [7, 11) is 1.73. The van der Waals surface area contributed by atoms with Gasteiger partial charge in [-0.15, -0.1) is 11.3 Å². The van der Waals surface area contributed by atoms with Gasteiger partial charge >= 0.3 is 0 Å². The molecule has 0 unspecified atom stereocenters. The number of rotatable bonds is 14. The lowest BCUT2D eigenvalue weighted by Gasteiger charge is -2.12. The number of guanidine groups is 1. The molecule has 0 bridgehead atoms. The van der Waals surface area contributed by atoms with Crippen LogP contribution in [0.4, 0.5) is 0 Å². The van der Waals surface area contributed by atoms with Crippen molar-refractivity contribution in [2.75, 3.05) is 53.1 Å². The van der Waals surface area contributed by atoms with Crippen LogP contribution in [-0.4, -0.2) is 65.0 Å². The minimum Gasteiger partial charge on any atom is -0.379 e. The van der Waals surface area contributed by atoms with Gasteiger partial charge in [-0.05, 0) is 24.3 Å². The van der Waals surface area contributed by atoms with Gasteiger partial charge in [-0.25, -0.2) is 0 Å². The molecule has 0 atom stereocenters. The minimum atomic E-state index is -0.0154. The summed E-state index contributed by atoms with van der Waals surface area (Å²) >= 11 is 1.45. The van der Waals surface area contributed by atoms with Crippen LogP contribution in [0.2, 0.25) is 0 Å². The zero-order valence-corrected chi connectivity index (χ0v) is 16.7. The highest BCUT2D eigenvalue weighted by molar-refractivity contribution is 7.12. The fourth-order valence-electron chi connectivity index (χ4n) is 2.02. The molecule has 1 rings (SSSR count). The molecule has 3 N–H and O–H groups in total. The Morgan fingerprint density at radius 2 is 1.77 bits per heavy atom. The van der Waals surface area contributed by atoms with E-state index in [0.717, 1.165) is 43.3 Å². The van der Waals surface area contributed by atoms with Crippen LogP contribution >= 0.6 is 11.3 Å². The van der Waals surface area contributed by atoms with E-state index in [0.29, 0.717) is 32.9 Å². The summed E-state index contributed by atoms with van der Waals surface area (Å²) in [4.78, 5) is 16.7. The maximum Gasteiger partial charge on any atom is 0.261 e. The van der Waals surface area contributed by atoms with Gasteiger partial charge in [0.2, 0.25) is 0 Å². The van der Waals surface area contributed by atoms with Gasteiger partial charge in [0, 0.05) is 33.3 Å². The predicted octanol–water partition coefficient (Wildman–Crippen LogP) is 1.87. The van der Waals surface area contributed by atoms with Crippen molar-refractivity contribution in [3.63, 3.8) is 0 Å². The number of hydrogen-bond acceptors (Lipinski definition) is 5. The molecular formula is C18H32N4O3S. The summed E-state index contributed by atoms with van der Waals surface area (Å²) in [6.45, 7) is 6.86. The van der Waals surface area contributed by atoms with E-state index < -0.39 is 0 Å². The SMILES string of the molecule is CCCCOCCOCCNC(=NC)NCCCNC(=O)c1cccs1. The summed E-state index contributed by atoms with van der Waals surface area (Å²) in [5.74, 6) is 0.718. The molecule has 0 radical (unpaired) electrons. The highest BCUT2D eigenvalue weighted by atomic mass is 32.1. The number of hydrogen-bond donors (Lipinski definition) is 3. The summed E-state index contributed by atoms with van der Waals surface area (Å²) in [6.07, 6.45) is 3.07. The van der Waals surface area contributed by atoms with Crippen molar-refractivity contribution in [3.05, 3.63) is 22.4 Å². The number of unbranched alkanes of at least 4 members (excludes halogenated alkanes) is 1. The number of carbonyl (C=O) groups excluding carboxylic acids is 1. The van der Waals surface area contributed by atoms with E-state index in [9.17, 15) is 4.79 Å². The van der Waals surface area contributed by atoms with E-state index in [2.05, 4.69) is 27.9 Å². The maximum atomic E-state index is 11.8. The number of nitrogens with one attached hydrogen (secondary N) is 3. The number of nitrogens with zero attached hydrogens (tertiary/aromatic N) is 1. The first-order valence-corrected chi connectivity index (χ1v) is 10.1. The molecule has 8 heteroatoms. The third-order valence-corrected chi connectivity index (χ3v) is 4.32. The maximum absolute atomic E-state index is 11.8. The Morgan fingerprint density at radius 3 is 2.46 bits per heavy atom. The molecule has 1 aromatic rings. The molecule has 0 aliphatic heterocycles. The molecule has 0 aliphatic rings. The standard InChI is InChI=1S/C18H32N4O3S/c1-3-4-11-24-13-14-25-12-10-22-18(19-2)21-9-6-8-20-17(23)16-7-5-15-26-16/h5,7,15H,3-4,6,8-14H2,1-2H3,(H,20,23)(H2,19,21,22). The average molecular weight is 385 g/mol. The Hall–Kier alpha value is -1.64. The molecule has 1 amide bonds. The molecule has 7 nitrogen and oxygen atoms in total. The summed E-state index contributed by atoms with van der Waals surface area (Å²) in [5, 5.41) is 11.2. The van der Waals surface area contributed by atoms with Gasteiger partial charge in [0.25, 0.3) is 5.91 Å². The average Bonchev–Trinajstić information content (AvgIpc) is 3.19. The lowest BCUT2D eigenvalue weighted by atomic mass is 10.4. The summed E-state index contributed by atoms with van der Waals surface area (Å²) in [6, 6.07) is 3.70. The van der Waals surface area contributed by atoms with E-state index in [4.69, 9.17) is 9.47 Å². The number of aliphatic imine (C=N–C) groups is 1. The molecule has 0 fully saturated rings. The van der Waals surface area contributed by atoms with E-state index in [-0.39, 0.29) is 5.91 Å². The highest BCUT2D eigenvalue weighted by Crippen LogP contribution is 2.07. The van der Waals surface area contributed by atoms with Crippen LogP contribution in [0.3, 0.4) is 0 Å². The number of ether oxygens (including phenoxy) is 2. The first-order valence-electron chi connectivity index (χ1n) is 9.19. The van der Waals surface area contributed by atoms with E-state index in [1.54, 1.807) is 7.05 Å². The Kier molecular flexibility index (Phi) is 13.4. The monoisotopic (exact) mass is 384 g/mol.